The van der Waals surface area contributed by atoms with E-state index in [1.54, 1.807) is 6.20 Å². The predicted octanol–water partition coefficient (Wildman–Crippen LogP) is 1.55. The largest absolute Gasteiger partial charge is 0.352 e. The maximum absolute atomic E-state index is 12.1. The van der Waals surface area contributed by atoms with E-state index in [4.69, 9.17) is 5.73 Å². The smallest absolute Gasteiger partial charge is 0.240 e. The predicted molar refractivity (Wildman–Crippen MR) is 78.0 cm³/mol. The van der Waals surface area contributed by atoms with Crippen LogP contribution in [0.5, 0.6) is 0 Å². The number of amides is 1. The molecular weight excluding hydrogens is 252 g/mol. The summed E-state index contributed by atoms with van der Waals surface area (Å²) in [6, 6.07) is 4.24. The fourth-order valence-electron chi connectivity index (χ4n) is 2.98. The SMILES string of the molecule is NCc1cn(CC(=O)NC2CCCC2)c2ncccc12. The first-order chi connectivity index (χ1) is 9.78. The molecule has 0 unspecified atom stereocenters. The summed E-state index contributed by atoms with van der Waals surface area (Å²) in [6.07, 6.45) is 8.32. The first-order valence-electron chi connectivity index (χ1n) is 7.20. The zero-order valence-electron chi connectivity index (χ0n) is 11.5. The van der Waals surface area contributed by atoms with Gasteiger partial charge in [-0.05, 0) is 30.5 Å². The van der Waals surface area contributed by atoms with Crippen molar-refractivity contribution < 1.29 is 4.79 Å². The van der Waals surface area contributed by atoms with Crippen LogP contribution in [0.2, 0.25) is 0 Å². The molecule has 5 nitrogen and oxygen atoms in total. The van der Waals surface area contributed by atoms with Crippen molar-refractivity contribution in [1.82, 2.24) is 14.9 Å². The summed E-state index contributed by atoms with van der Waals surface area (Å²) in [5.41, 5.74) is 7.61. The normalized spacial score (nSPS) is 15.8. The average molecular weight is 272 g/mol. The van der Waals surface area contributed by atoms with Gasteiger partial charge in [-0.15, -0.1) is 0 Å². The van der Waals surface area contributed by atoms with Crippen LogP contribution in [0.15, 0.2) is 24.5 Å². The molecule has 0 bridgehead atoms. The van der Waals surface area contributed by atoms with Gasteiger partial charge in [-0.25, -0.2) is 4.98 Å². The second-order valence-corrected chi connectivity index (χ2v) is 5.41. The van der Waals surface area contributed by atoms with E-state index < -0.39 is 0 Å². The van der Waals surface area contributed by atoms with E-state index >= 15 is 0 Å². The summed E-state index contributed by atoms with van der Waals surface area (Å²) in [5.74, 6) is 0.0584. The van der Waals surface area contributed by atoms with Crippen LogP contribution in [0.4, 0.5) is 0 Å². The Bertz CT molecular complexity index is 613. The lowest BCUT2D eigenvalue weighted by molar-refractivity contribution is -0.122. The number of nitrogens with zero attached hydrogens (tertiary/aromatic N) is 2. The Morgan fingerprint density at radius 1 is 1.45 bits per heavy atom. The van der Waals surface area contributed by atoms with E-state index in [0.29, 0.717) is 19.1 Å². The molecule has 3 rings (SSSR count). The van der Waals surface area contributed by atoms with E-state index in [1.807, 2.05) is 22.9 Å². The number of carbonyl (C=O) groups is 1. The van der Waals surface area contributed by atoms with E-state index in [-0.39, 0.29) is 5.91 Å². The molecular formula is C15H20N4O. The molecule has 106 valence electrons. The molecule has 0 aliphatic heterocycles. The van der Waals surface area contributed by atoms with Crippen LogP contribution in [-0.4, -0.2) is 21.5 Å². The molecule has 2 heterocycles. The number of fused-ring (bicyclic) bond motifs is 1. The van der Waals surface area contributed by atoms with E-state index in [2.05, 4.69) is 10.3 Å². The second-order valence-electron chi connectivity index (χ2n) is 5.41. The molecule has 0 aromatic carbocycles. The summed E-state index contributed by atoms with van der Waals surface area (Å²) in [7, 11) is 0. The number of nitrogens with one attached hydrogen (secondary N) is 1. The molecule has 2 aromatic rings. The van der Waals surface area contributed by atoms with Crippen LogP contribution in [0.25, 0.3) is 11.0 Å². The van der Waals surface area contributed by atoms with Gasteiger partial charge in [0.25, 0.3) is 0 Å². The first-order valence-corrected chi connectivity index (χ1v) is 7.20. The number of hydrogen-bond acceptors (Lipinski definition) is 3. The Kier molecular flexibility index (Phi) is 3.69. The van der Waals surface area contributed by atoms with Gasteiger partial charge >= 0.3 is 0 Å². The minimum Gasteiger partial charge on any atom is -0.352 e. The zero-order chi connectivity index (χ0) is 13.9. The van der Waals surface area contributed by atoms with E-state index in [0.717, 1.165) is 29.4 Å². The summed E-state index contributed by atoms with van der Waals surface area (Å²) < 4.78 is 1.89. The number of hydrogen-bond donors (Lipinski definition) is 2. The van der Waals surface area contributed by atoms with Crippen molar-refractivity contribution in [2.75, 3.05) is 0 Å². The monoisotopic (exact) mass is 272 g/mol. The molecule has 5 heteroatoms. The van der Waals surface area contributed by atoms with Gasteiger partial charge in [0.05, 0.1) is 0 Å². The van der Waals surface area contributed by atoms with Gasteiger partial charge in [-0.1, -0.05) is 12.8 Å². The lowest BCUT2D eigenvalue weighted by atomic mass is 10.2. The fourth-order valence-corrected chi connectivity index (χ4v) is 2.98. The van der Waals surface area contributed by atoms with Gasteiger partial charge in [-0.3, -0.25) is 4.79 Å². The standard InChI is InChI=1S/C15H20N4O/c16-8-11-9-19(15-13(11)6-3-7-17-15)10-14(20)18-12-4-1-2-5-12/h3,6-7,9,12H,1-2,4-5,8,10,16H2,(H,18,20). The van der Waals surface area contributed by atoms with Crippen LogP contribution in [0.3, 0.4) is 0 Å². The lowest BCUT2D eigenvalue weighted by Crippen LogP contribution is -2.35. The minimum absolute atomic E-state index is 0.0584. The van der Waals surface area contributed by atoms with Crippen LogP contribution < -0.4 is 11.1 Å². The van der Waals surface area contributed by atoms with Crippen LogP contribution >= 0.6 is 0 Å². The van der Waals surface area contributed by atoms with Crippen LogP contribution in [0.1, 0.15) is 31.2 Å². The quantitative estimate of drug-likeness (QED) is 0.887. The summed E-state index contributed by atoms with van der Waals surface area (Å²) in [6.45, 7) is 0.767. The Balaban J connectivity index is 1.78. The number of rotatable bonds is 4. The van der Waals surface area contributed by atoms with Gasteiger partial charge in [-0.2, -0.15) is 0 Å². The van der Waals surface area contributed by atoms with E-state index in [1.165, 1.54) is 12.8 Å². The van der Waals surface area contributed by atoms with Crippen molar-refractivity contribution in [3.63, 3.8) is 0 Å². The number of aromatic nitrogens is 2. The molecule has 20 heavy (non-hydrogen) atoms. The molecule has 1 saturated carbocycles. The topological polar surface area (TPSA) is 72.9 Å². The van der Waals surface area contributed by atoms with E-state index in [9.17, 15) is 4.79 Å². The Morgan fingerprint density at radius 2 is 2.25 bits per heavy atom. The number of carbonyl (C=O) groups excluding carboxylic acids is 1. The third-order valence-corrected chi connectivity index (χ3v) is 3.97. The summed E-state index contributed by atoms with van der Waals surface area (Å²) in [4.78, 5) is 16.5. The Hall–Kier alpha value is -1.88. The van der Waals surface area contributed by atoms with Gasteiger partial charge in [0.15, 0.2) is 0 Å². The average Bonchev–Trinajstić information content (AvgIpc) is 3.07. The molecule has 3 N–H and O–H groups in total. The van der Waals surface area contributed by atoms with Crippen molar-refractivity contribution >= 4 is 16.9 Å². The van der Waals surface area contributed by atoms with Gasteiger partial charge in [0.2, 0.25) is 5.91 Å². The second kappa shape index (κ2) is 5.63. The maximum atomic E-state index is 12.1. The molecule has 1 aliphatic carbocycles. The summed E-state index contributed by atoms with van der Waals surface area (Å²) in [5, 5.41) is 4.13. The molecule has 0 atom stereocenters. The molecule has 2 aromatic heterocycles. The highest BCUT2D eigenvalue weighted by Gasteiger charge is 2.18. The highest BCUT2D eigenvalue weighted by Crippen LogP contribution is 2.20. The Morgan fingerprint density at radius 3 is 3.00 bits per heavy atom. The summed E-state index contributed by atoms with van der Waals surface area (Å²) >= 11 is 0. The van der Waals surface area contributed by atoms with Crippen LogP contribution in [-0.2, 0) is 17.9 Å². The van der Waals surface area contributed by atoms with Gasteiger partial charge < -0.3 is 15.6 Å². The highest BCUT2D eigenvalue weighted by molar-refractivity contribution is 5.83. The molecule has 0 saturated heterocycles. The molecule has 0 spiro atoms. The van der Waals surface area contributed by atoms with Gasteiger partial charge in [0, 0.05) is 30.4 Å². The Labute approximate surface area is 118 Å². The first kappa shape index (κ1) is 13.1. The van der Waals surface area contributed by atoms with Gasteiger partial charge in [0.1, 0.15) is 12.2 Å². The third kappa shape index (κ3) is 2.54. The number of nitrogens with two attached hydrogens (primary N) is 1. The lowest BCUT2D eigenvalue weighted by Gasteiger charge is -2.12. The molecule has 1 amide bonds. The van der Waals surface area contributed by atoms with Crippen molar-refractivity contribution in [2.24, 2.45) is 5.73 Å². The zero-order valence-corrected chi connectivity index (χ0v) is 11.5. The van der Waals surface area contributed by atoms with Crippen molar-refractivity contribution in [2.45, 2.75) is 44.8 Å². The van der Waals surface area contributed by atoms with Crippen molar-refractivity contribution in [1.29, 1.82) is 0 Å². The molecule has 1 fully saturated rings. The van der Waals surface area contributed by atoms with Crippen LogP contribution in [0, 0.1) is 0 Å². The van der Waals surface area contributed by atoms with Crippen molar-refractivity contribution in [3.05, 3.63) is 30.1 Å². The molecule has 0 radical (unpaired) electrons. The fraction of sp³-hybridized carbons (Fsp3) is 0.467. The van der Waals surface area contributed by atoms with Crippen molar-refractivity contribution in [3.8, 4) is 0 Å². The maximum Gasteiger partial charge on any atom is 0.240 e. The number of pyridine rings is 1. The molecule has 1 aliphatic rings. The minimum atomic E-state index is 0.0584. The third-order valence-electron chi connectivity index (χ3n) is 3.97. The highest BCUT2D eigenvalue weighted by atomic mass is 16.2.